The first-order chi connectivity index (χ1) is 8.85. The maximum atomic E-state index is 11.7. The fourth-order valence-electron chi connectivity index (χ4n) is 1.81. The molecular weight excluding hydrogens is 311 g/mol. The van der Waals surface area contributed by atoms with E-state index < -0.39 is 27.3 Å². The zero-order valence-electron chi connectivity index (χ0n) is 9.77. The number of carbonyl (C=O) groups excluding carboxylic acids is 1. The molecular formula is C11H12Cl2N2O3S. The van der Waals surface area contributed by atoms with Gasteiger partial charge in [0, 0.05) is 10.7 Å². The van der Waals surface area contributed by atoms with E-state index in [1.54, 1.807) is 24.3 Å². The molecule has 19 heavy (non-hydrogen) atoms. The molecule has 104 valence electrons. The van der Waals surface area contributed by atoms with E-state index >= 15 is 0 Å². The van der Waals surface area contributed by atoms with Crippen LogP contribution >= 0.6 is 23.2 Å². The Kier molecular flexibility index (Phi) is 4.23. The first kappa shape index (κ1) is 14.4. The molecule has 0 aliphatic carbocycles. The fourth-order valence-corrected chi connectivity index (χ4v) is 4.48. The molecule has 0 spiro atoms. The molecule has 0 bridgehead atoms. The SMILES string of the molecule is O=C(Nc1ccc(Cl)cc1)NC1CS(=O)(=O)CC1Cl. The van der Waals surface area contributed by atoms with Gasteiger partial charge in [0.05, 0.1) is 22.9 Å². The summed E-state index contributed by atoms with van der Waals surface area (Å²) in [6.07, 6.45) is 0. The van der Waals surface area contributed by atoms with Crippen LogP contribution in [-0.4, -0.2) is 37.4 Å². The van der Waals surface area contributed by atoms with E-state index in [4.69, 9.17) is 23.2 Å². The van der Waals surface area contributed by atoms with Crippen LogP contribution in [0, 0.1) is 0 Å². The molecule has 2 N–H and O–H groups in total. The minimum absolute atomic E-state index is 0.111. The van der Waals surface area contributed by atoms with E-state index in [2.05, 4.69) is 10.6 Å². The minimum Gasteiger partial charge on any atom is -0.333 e. The van der Waals surface area contributed by atoms with Gasteiger partial charge in [0.1, 0.15) is 0 Å². The van der Waals surface area contributed by atoms with Crippen LogP contribution in [0.3, 0.4) is 0 Å². The number of halogens is 2. The summed E-state index contributed by atoms with van der Waals surface area (Å²) in [5.74, 6) is -0.240. The van der Waals surface area contributed by atoms with Gasteiger partial charge in [0.2, 0.25) is 0 Å². The van der Waals surface area contributed by atoms with Crippen molar-refractivity contribution >= 4 is 44.8 Å². The van der Waals surface area contributed by atoms with Gasteiger partial charge in [-0.15, -0.1) is 11.6 Å². The minimum atomic E-state index is -3.16. The third-order valence-electron chi connectivity index (χ3n) is 2.70. The van der Waals surface area contributed by atoms with Crippen molar-refractivity contribution < 1.29 is 13.2 Å². The monoisotopic (exact) mass is 322 g/mol. The summed E-state index contributed by atoms with van der Waals surface area (Å²) >= 11 is 11.6. The molecule has 2 atom stereocenters. The maximum absolute atomic E-state index is 11.7. The van der Waals surface area contributed by atoms with Crippen molar-refractivity contribution in [2.75, 3.05) is 16.8 Å². The van der Waals surface area contributed by atoms with E-state index in [9.17, 15) is 13.2 Å². The van der Waals surface area contributed by atoms with Gasteiger partial charge in [-0.1, -0.05) is 11.6 Å². The molecule has 0 radical (unpaired) electrons. The number of sulfone groups is 1. The highest BCUT2D eigenvalue weighted by atomic mass is 35.5. The Labute approximate surface area is 121 Å². The third-order valence-corrected chi connectivity index (χ3v) is 5.33. The maximum Gasteiger partial charge on any atom is 0.319 e. The second kappa shape index (κ2) is 5.56. The van der Waals surface area contributed by atoms with Crippen LogP contribution in [0.5, 0.6) is 0 Å². The molecule has 0 aromatic heterocycles. The van der Waals surface area contributed by atoms with Crippen molar-refractivity contribution in [2.24, 2.45) is 0 Å². The van der Waals surface area contributed by atoms with Gasteiger partial charge in [-0.2, -0.15) is 0 Å². The number of rotatable bonds is 2. The standard InChI is InChI=1S/C11H12Cl2N2O3S/c12-7-1-3-8(4-2-7)14-11(16)15-10-6-19(17,18)5-9(10)13/h1-4,9-10H,5-6H2,(H2,14,15,16). The van der Waals surface area contributed by atoms with Gasteiger partial charge in [-0.05, 0) is 24.3 Å². The number of urea groups is 1. The Hall–Kier alpha value is -0.980. The average Bonchev–Trinajstić information content (AvgIpc) is 2.55. The van der Waals surface area contributed by atoms with E-state index in [1.165, 1.54) is 0 Å². The normalized spacial score (nSPS) is 24.9. The summed E-state index contributed by atoms with van der Waals surface area (Å²) in [4.78, 5) is 11.7. The highest BCUT2D eigenvalue weighted by molar-refractivity contribution is 7.91. The molecule has 1 saturated heterocycles. The van der Waals surface area contributed by atoms with Crippen LogP contribution < -0.4 is 10.6 Å². The van der Waals surface area contributed by atoms with Crippen LogP contribution in [0.15, 0.2) is 24.3 Å². The molecule has 1 aliphatic heterocycles. The van der Waals surface area contributed by atoms with Crippen molar-refractivity contribution in [1.82, 2.24) is 5.32 Å². The van der Waals surface area contributed by atoms with Crippen molar-refractivity contribution in [3.05, 3.63) is 29.3 Å². The zero-order chi connectivity index (χ0) is 14.0. The molecule has 1 aliphatic rings. The number of hydrogen-bond donors (Lipinski definition) is 2. The lowest BCUT2D eigenvalue weighted by Crippen LogP contribution is -2.42. The first-order valence-electron chi connectivity index (χ1n) is 5.53. The Bertz CT molecular complexity index is 574. The number of carbonyl (C=O) groups is 1. The predicted octanol–water partition coefficient (Wildman–Crippen LogP) is 1.87. The summed E-state index contributed by atoms with van der Waals surface area (Å²) in [6.45, 7) is 0. The second-order valence-corrected chi connectivity index (χ2v) is 7.46. The fraction of sp³-hybridized carbons (Fsp3) is 0.364. The topological polar surface area (TPSA) is 75.3 Å². The molecule has 2 rings (SSSR count). The Morgan fingerprint density at radius 1 is 1.21 bits per heavy atom. The lowest BCUT2D eigenvalue weighted by atomic mass is 10.2. The van der Waals surface area contributed by atoms with E-state index in [0.717, 1.165) is 0 Å². The molecule has 2 amide bonds. The smallest absolute Gasteiger partial charge is 0.319 e. The Morgan fingerprint density at radius 3 is 2.37 bits per heavy atom. The lowest BCUT2D eigenvalue weighted by Gasteiger charge is -2.15. The molecule has 2 unspecified atom stereocenters. The van der Waals surface area contributed by atoms with Crippen molar-refractivity contribution in [3.63, 3.8) is 0 Å². The third kappa shape index (κ3) is 3.99. The van der Waals surface area contributed by atoms with Gasteiger partial charge >= 0.3 is 6.03 Å². The van der Waals surface area contributed by atoms with Crippen LogP contribution in [0.4, 0.5) is 10.5 Å². The summed E-state index contributed by atoms with van der Waals surface area (Å²) < 4.78 is 22.7. The Balaban J connectivity index is 1.93. The number of anilines is 1. The lowest BCUT2D eigenvalue weighted by molar-refractivity contribution is 0.249. The number of benzene rings is 1. The van der Waals surface area contributed by atoms with Crippen LogP contribution in [0.1, 0.15) is 0 Å². The molecule has 8 heteroatoms. The molecule has 0 saturated carbocycles. The summed E-state index contributed by atoms with van der Waals surface area (Å²) in [5.41, 5.74) is 0.564. The zero-order valence-corrected chi connectivity index (χ0v) is 12.1. The van der Waals surface area contributed by atoms with Gasteiger partial charge < -0.3 is 10.6 Å². The van der Waals surface area contributed by atoms with Gasteiger partial charge in [0.15, 0.2) is 9.84 Å². The number of nitrogens with one attached hydrogen (secondary N) is 2. The Morgan fingerprint density at radius 2 is 1.84 bits per heavy atom. The van der Waals surface area contributed by atoms with Crippen LogP contribution in [-0.2, 0) is 9.84 Å². The number of alkyl halides is 1. The number of hydrogen-bond acceptors (Lipinski definition) is 3. The van der Waals surface area contributed by atoms with Gasteiger partial charge in [0.25, 0.3) is 0 Å². The van der Waals surface area contributed by atoms with Crippen molar-refractivity contribution in [1.29, 1.82) is 0 Å². The molecule has 1 aromatic carbocycles. The van der Waals surface area contributed by atoms with E-state index in [-0.39, 0.29) is 11.5 Å². The van der Waals surface area contributed by atoms with Crippen molar-refractivity contribution in [2.45, 2.75) is 11.4 Å². The van der Waals surface area contributed by atoms with Gasteiger partial charge in [-0.3, -0.25) is 0 Å². The second-order valence-electron chi connectivity index (χ2n) is 4.30. The quantitative estimate of drug-likeness (QED) is 0.816. The highest BCUT2D eigenvalue weighted by Crippen LogP contribution is 2.18. The van der Waals surface area contributed by atoms with Gasteiger partial charge in [-0.25, -0.2) is 13.2 Å². The van der Waals surface area contributed by atoms with E-state index in [1.807, 2.05) is 0 Å². The largest absolute Gasteiger partial charge is 0.333 e. The molecule has 1 heterocycles. The number of amides is 2. The van der Waals surface area contributed by atoms with Crippen LogP contribution in [0.2, 0.25) is 5.02 Å². The summed E-state index contributed by atoms with van der Waals surface area (Å²) in [6, 6.07) is 5.51. The highest BCUT2D eigenvalue weighted by Gasteiger charge is 2.37. The summed E-state index contributed by atoms with van der Waals surface area (Å²) in [5, 5.41) is 5.10. The van der Waals surface area contributed by atoms with E-state index in [0.29, 0.717) is 10.7 Å². The van der Waals surface area contributed by atoms with Crippen LogP contribution in [0.25, 0.3) is 0 Å². The predicted molar refractivity (Wildman–Crippen MR) is 75.7 cm³/mol. The molecule has 1 aromatic rings. The first-order valence-corrected chi connectivity index (χ1v) is 8.17. The average molecular weight is 323 g/mol. The molecule has 5 nitrogen and oxygen atoms in total. The summed E-state index contributed by atoms with van der Waals surface area (Å²) in [7, 11) is -3.16. The molecule has 1 fully saturated rings. The van der Waals surface area contributed by atoms with Crippen molar-refractivity contribution in [3.8, 4) is 0 Å².